The molecule has 1 unspecified atom stereocenters. The summed E-state index contributed by atoms with van der Waals surface area (Å²) in [7, 11) is 0. The van der Waals surface area contributed by atoms with Crippen LogP contribution in [0.3, 0.4) is 0 Å². The minimum atomic E-state index is 0.206. The van der Waals surface area contributed by atoms with Crippen molar-refractivity contribution in [3.8, 4) is 0 Å². The summed E-state index contributed by atoms with van der Waals surface area (Å²) in [6, 6.07) is 0.206. The van der Waals surface area contributed by atoms with Gasteiger partial charge in [0.25, 0.3) is 0 Å². The smallest absolute Gasteiger partial charge is 0.203 e. The van der Waals surface area contributed by atoms with Crippen LogP contribution < -0.4 is 5.32 Å². The van der Waals surface area contributed by atoms with Gasteiger partial charge in [0.2, 0.25) is 5.95 Å². The third-order valence-corrected chi connectivity index (χ3v) is 3.31. The van der Waals surface area contributed by atoms with Crippen molar-refractivity contribution in [1.29, 1.82) is 0 Å². The van der Waals surface area contributed by atoms with E-state index >= 15 is 0 Å². The number of hydrogen-bond acceptors (Lipinski definition) is 4. The van der Waals surface area contributed by atoms with Crippen LogP contribution in [0.15, 0.2) is 24.0 Å². The maximum absolute atomic E-state index is 4.31. The largest absolute Gasteiger partial charge is 0.347 e. The molecule has 0 aliphatic carbocycles. The molecule has 0 radical (unpaired) electrons. The average Bonchev–Trinajstić information content (AvgIpc) is 2.90. The molecule has 4 nitrogen and oxygen atoms in total. The van der Waals surface area contributed by atoms with E-state index in [9.17, 15) is 0 Å². The Balaban J connectivity index is 2.06. The van der Waals surface area contributed by atoms with E-state index in [-0.39, 0.29) is 6.04 Å². The molecular weight excluding hydrogens is 220 g/mol. The zero-order chi connectivity index (χ0) is 11.4. The molecule has 0 aliphatic rings. The number of aromatic nitrogens is 3. The molecule has 86 valence electrons. The molecule has 0 fully saturated rings. The van der Waals surface area contributed by atoms with E-state index in [0.29, 0.717) is 0 Å². The Labute approximate surface area is 99.4 Å². The summed E-state index contributed by atoms with van der Waals surface area (Å²) in [4.78, 5) is 8.60. The molecule has 0 aliphatic heterocycles. The van der Waals surface area contributed by atoms with Gasteiger partial charge in [0.1, 0.15) is 5.01 Å². The fraction of sp³-hybridized carbons (Fsp3) is 0.455. The maximum atomic E-state index is 4.31. The lowest BCUT2D eigenvalue weighted by atomic mass is 10.3. The lowest BCUT2D eigenvalue weighted by molar-refractivity contribution is 0.674. The molecule has 2 aromatic heterocycles. The second-order valence-electron chi connectivity index (χ2n) is 3.68. The first kappa shape index (κ1) is 11.1. The van der Waals surface area contributed by atoms with E-state index in [1.165, 1.54) is 0 Å². The Morgan fingerprint density at radius 2 is 2.31 bits per heavy atom. The molecule has 0 saturated carbocycles. The highest BCUT2D eigenvalue weighted by Gasteiger charge is 2.10. The van der Waals surface area contributed by atoms with Crippen molar-refractivity contribution in [2.45, 2.75) is 32.9 Å². The number of aryl methyl sites for hydroxylation is 1. The van der Waals surface area contributed by atoms with Crippen molar-refractivity contribution in [3.05, 3.63) is 29.0 Å². The molecule has 2 heterocycles. The van der Waals surface area contributed by atoms with Crippen molar-refractivity contribution in [3.63, 3.8) is 0 Å². The van der Waals surface area contributed by atoms with Crippen LogP contribution in [0.4, 0.5) is 5.95 Å². The number of nitrogens with one attached hydrogen (secondary N) is 1. The highest BCUT2D eigenvalue weighted by molar-refractivity contribution is 7.09. The first-order valence-electron chi connectivity index (χ1n) is 5.48. The first-order valence-corrected chi connectivity index (χ1v) is 6.36. The maximum Gasteiger partial charge on any atom is 0.203 e. The van der Waals surface area contributed by atoms with E-state index in [0.717, 1.165) is 23.9 Å². The summed E-state index contributed by atoms with van der Waals surface area (Å²) in [5, 5.41) is 6.46. The summed E-state index contributed by atoms with van der Waals surface area (Å²) in [6.07, 6.45) is 6.76. The molecule has 0 bridgehead atoms. The number of nitrogens with zero attached hydrogens (tertiary/aromatic N) is 3. The minimum absolute atomic E-state index is 0.206. The van der Waals surface area contributed by atoms with Crippen molar-refractivity contribution in [1.82, 2.24) is 14.5 Å². The highest BCUT2D eigenvalue weighted by Crippen LogP contribution is 2.19. The predicted molar refractivity (Wildman–Crippen MR) is 66.7 cm³/mol. The molecule has 0 saturated heterocycles. The Hall–Kier alpha value is -1.36. The normalized spacial score (nSPS) is 12.6. The molecule has 0 aromatic carbocycles. The summed E-state index contributed by atoms with van der Waals surface area (Å²) < 4.78 is 2.13. The second kappa shape index (κ2) is 5.12. The Morgan fingerprint density at radius 1 is 1.44 bits per heavy atom. The molecule has 1 N–H and O–H groups in total. The molecular formula is C11H16N4S. The first-order chi connectivity index (χ1) is 7.81. The van der Waals surface area contributed by atoms with Crippen LogP contribution in [0.5, 0.6) is 0 Å². The van der Waals surface area contributed by atoms with Crippen molar-refractivity contribution < 1.29 is 0 Å². The number of rotatable bonds is 5. The fourth-order valence-corrected chi connectivity index (χ4v) is 2.22. The zero-order valence-electron chi connectivity index (χ0n) is 9.55. The van der Waals surface area contributed by atoms with Gasteiger partial charge in [0, 0.05) is 30.5 Å². The third-order valence-electron chi connectivity index (χ3n) is 2.35. The van der Waals surface area contributed by atoms with Crippen molar-refractivity contribution in [2.24, 2.45) is 0 Å². The molecule has 16 heavy (non-hydrogen) atoms. The predicted octanol–water partition coefficient (Wildman–Crippen LogP) is 2.92. The Bertz CT molecular complexity index is 421. The number of hydrogen-bond donors (Lipinski definition) is 1. The highest BCUT2D eigenvalue weighted by atomic mass is 32.1. The van der Waals surface area contributed by atoms with Gasteiger partial charge >= 0.3 is 0 Å². The topological polar surface area (TPSA) is 42.7 Å². The Kier molecular flexibility index (Phi) is 3.56. The van der Waals surface area contributed by atoms with Gasteiger partial charge in [-0.3, -0.25) is 0 Å². The SMILES string of the molecule is CCCn1ccnc1NC(C)c1nccs1. The van der Waals surface area contributed by atoms with Crippen LogP contribution in [0.25, 0.3) is 0 Å². The van der Waals surface area contributed by atoms with Crippen LogP contribution in [0.2, 0.25) is 0 Å². The van der Waals surface area contributed by atoms with Gasteiger partial charge in [0.15, 0.2) is 0 Å². The van der Waals surface area contributed by atoms with Crippen LogP contribution in [0.1, 0.15) is 31.3 Å². The molecule has 2 rings (SSSR count). The van der Waals surface area contributed by atoms with E-state index in [1.54, 1.807) is 11.3 Å². The lowest BCUT2D eigenvalue weighted by Crippen LogP contribution is -2.11. The van der Waals surface area contributed by atoms with Crippen molar-refractivity contribution >= 4 is 17.3 Å². The molecule has 0 amide bonds. The quantitative estimate of drug-likeness (QED) is 0.868. The molecule has 2 aromatic rings. The lowest BCUT2D eigenvalue weighted by Gasteiger charge is -2.13. The Morgan fingerprint density at radius 3 is 3.00 bits per heavy atom. The number of thiazole rings is 1. The van der Waals surface area contributed by atoms with Crippen LogP contribution in [0, 0.1) is 0 Å². The number of anilines is 1. The third kappa shape index (κ3) is 2.41. The summed E-state index contributed by atoms with van der Waals surface area (Å²) >= 11 is 1.66. The summed E-state index contributed by atoms with van der Waals surface area (Å²) in [6.45, 7) is 5.25. The molecule has 1 atom stereocenters. The van der Waals surface area contributed by atoms with Crippen LogP contribution in [-0.2, 0) is 6.54 Å². The van der Waals surface area contributed by atoms with Crippen LogP contribution in [-0.4, -0.2) is 14.5 Å². The standard InChI is InChI=1S/C11H16N4S/c1-3-6-15-7-4-13-11(15)14-9(2)10-12-5-8-16-10/h4-5,7-9H,3,6H2,1-2H3,(H,13,14). The monoisotopic (exact) mass is 236 g/mol. The fourth-order valence-electron chi connectivity index (χ4n) is 1.57. The zero-order valence-corrected chi connectivity index (χ0v) is 10.4. The summed E-state index contributed by atoms with van der Waals surface area (Å²) in [5.41, 5.74) is 0. The number of imidazole rings is 1. The van der Waals surface area contributed by atoms with Gasteiger partial charge in [-0.05, 0) is 13.3 Å². The van der Waals surface area contributed by atoms with E-state index in [1.807, 2.05) is 24.0 Å². The average molecular weight is 236 g/mol. The van der Waals surface area contributed by atoms with Crippen LogP contribution >= 0.6 is 11.3 Å². The van der Waals surface area contributed by atoms with Gasteiger partial charge in [-0.25, -0.2) is 9.97 Å². The van der Waals surface area contributed by atoms with Gasteiger partial charge in [-0.15, -0.1) is 11.3 Å². The van der Waals surface area contributed by atoms with Gasteiger partial charge < -0.3 is 9.88 Å². The van der Waals surface area contributed by atoms with Crippen molar-refractivity contribution in [2.75, 3.05) is 5.32 Å². The van der Waals surface area contributed by atoms with Gasteiger partial charge in [-0.1, -0.05) is 6.92 Å². The summed E-state index contributed by atoms with van der Waals surface area (Å²) in [5.74, 6) is 0.921. The second-order valence-corrected chi connectivity index (χ2v) is 4.61. The van der Waals surface area contributed by atoms with Gasteiger partial charge in [-0.2, -0.15) is 0 Å². The van der Waals surface area contributed by atoms with Gasteiger partial charge in [0.05, 0.1) is 6.04 Å². The van der Waals surface area contributed by atoms with E-state index in [4.69, 9.17) is 0 Å². The minimum Gasteiger partial charge on any atom is -0.347 e. The molecule has 0 spiro atoms. The van der Waals surface area contributed by atoms with E-state index in [2.05, 4.69) is 33.7 Å². The molecule has 5 heteroatoms. The van der Waals surface area contributed by atoms with E-state index < -0.39 is 0 Å².